The highest BCUT2D eigenvalue weighted by molar-refractivity contribution is 7.99. The number of rotatable bonds is 5. The monoisotopic (exact) mass is 436 g/mol. The van der Waals surface area contributed by atoms with Crippen LogP contribution in [0.4, 0.5) is 0 Å². The van der Waals surface area contributed by atoms with Crippen LogP contribution in [0.5, 0.6) is 0 Å². The fraction of sp³-hybridized carbons (Fsp3) is 0.0455. The smallest absolute Gasteiger partial charge is 0.271 e. The predicted octanol–water partition coefficient (Wildman–Crippen LogP) is 4.23. The minimum Gasteiger partial charge on any atom is -0.287 e. The number of benzene rings is 3. The van der Waals surface area contributed by atoms with Gasteiger partial charge in [0.15, 0.2) is 5.16 Å². The fourth-order valence-electron chi connectivity index (χ4n) is 2.93. The van der Waals surface area contributed by atoms with E-state index in [0.29, 0.717) is 10.2 Å². The molecule has 0 bridgehead atoms. The van der Waals surface area contributed by atoms with E-state index >= 15 is 0 Å². The van der Waals surface area contributed by atoms with Crippen LogP contribution in [-0.2, 0) is 4.79 Å². The first-order valence-corrected chi connectivity index (χ1v) is 10.5. The topological polar surface area (TPSA) is 76.0 Å². The number of amides is 2. The number of hydrogen-bond donors (Lipinski definition) is 2. The van der Waals surface area contributed by atoms with E-state index in [2.05, 4.69) is 15.8 Å². The molecule has 4 aromatic rings. The van der Waals surface area contributed by atoms with Gasteiger partial charge in [-0.3, -0.25) is 25.0 Å². The number of para-hydroxylation sites is 3. The molecular weight excluding hydrogens is 420 g/mol. The van der Waals surface area contributed by atoms with Crippen molar-refractivity contribution < 1.29 is 9.59 Å². The molecule has 0 saturated heterocycles. The van der Waals surface area contributed by atoms with Crippen LogP contribution < -0.4 is 10.9 Å². The molecule has 150 valence electrons. The van der Waals surface area contributed by atoms with Crippen LogP contribution in [0.2, 0.25) is 5.02 Å². The maximum absolute atomic E-state index is 12.3. The molecule has 0 spiro atoms. The van der Waals surface area contributed by atoms with Gasteiger partial charge in [-0.2, -0.15) is 0 Å². The zero-order valence-corrected chi connectivity index (χ0v) is 17.3. The molecular formula is C22H17ClN4O2S. The Kier molecular flexibility index (Phi) is 6.02. The lowest BCUT2D eigenvalue weighted by atomic mass is 10.2. The minimum absolute atomic E-state index is 0.0823. The molecule has 0 saturated carbocycles. The number of aromatic nitrogens is 2. The van der Waals surface area contributed by atoms with Gasteiger partial charge in [0.2, 0.25) is 5.91 Å². The van der Waals surface area contributed by atoms with Gasteiger partial charge >= 0.3 is 0 Å². The molecule has 0 fully saturated rings. The molecule has 8 heteroatoms. The van der Waals surface area contributed by atoms with Gasteiger partial charge < -0.3 is 0 Å². The van der Waals surface area contributed by atoms with Gasteiger partial charge in [0, 0.05) is 5.69 Å². The first kappa shape index (κ1) is 20.0. The number of halogens is 1. The van der Waals surface area contributed by atoms with Crippen molar-refractivity contribution >= 4 is 46.2 Å². The number of thioether (sulfide) groups is 1. The molecule has 1 aromatic heterocycles. The average Bonchev–Trinajstić information content (AvgIpc) is 3.15. The van der Waals surface area contributed by atoms with Gasteiger partial charge in [0.25, 0.3) is 5.91 Å². The number of hydrazine groups is 1. The molecule has 30 heavy (non-hydrogen) atoms. The van der Waals surface area contributed by atoms with Crippen molar-refractivity contribution in [3.63, 3.8) is 0 Å². The molecule has 0 aliphatic carbocycles. The van der Waals surface area contributed by atoms with Crippen molar-refractivity contribution in [3.8, 4) is 5.69 Å². The van der Waals surface area contributed by atoms with E-state index in [0.717, 1.165) is 16.7 Å². The third-order valence-corrected chi connectivity index (χ3v) is 5.58. The van der Waals surface area contributed by atoms with Crippen molar-refractivity contribution in [2.75, 3.05) is 5.75 Å². The molecule has 0 aliphatic heterocycles. The van der Waals surface area contributed by atoms with Gasteiger partial charge in [-0.1, -0.05) is 65.8 Å². The molecule has 0 atom stereocenters. The normalized spacial score (nSPS) is 10.7. The molecule has 3 aromatic carbocycles. The Morgan fingerprint density at radius 3 is 2.40 bits per heavy atom. The summed E-state index contributed by atoms with van der Waals surface area (Å²) in [6.45, 7) is 0. The van der Waals surface area contributed by atoms with E-state index in [1.54, 1.807) is 24.3 Å². The largest absolute Gasteiger partial charge is 0.287 e. The second-order valence-corrected chi connectivity index (χ2v) is 7.67. The summed E-state index contributed by atoms with van der Waals surface area (Å²) in [5.74, 6) is -0.749. The molecule has 1 heterocycles. The van der Waals surface area contributed by atoms with Crippen LogP contribution in [-0.4, -0.2) is 27.1 Å². The van der Waals surface area contributed by atoms with Crippen LogP contribution in [0.25, 0.3) is 16.7 Å². The Balaban J connectivity index is 1.45. The quantitative estimate of drug-likeness (QED) is 0.362. The van der Waals surface area contributed by atoms with Crippen molar-refractivity contribution in [1.82, 2.24) is 20.4 Å². The molecule has 4 rings (SSSR count). The van der Waals surface area contributed by atoms with Crippen LogP contribution in [0.15, 0.2) is 84.0 Å². The number of carbonyl (C=O) groups is 2. The zero-order valence-electron chi connectivity index (χ0n) is 15.7. The van der Waals surface area contributed by atoms with Crippen molar-refractivity contribution in [2.45, 2.75) is 5.16 Å². The zero-order chi connectivity index (χ0) is 20.9. The van der Waals surface area contributed by atoms with E-state index < -0.39 is 5.91 Å². The summed E-state index contributed by atoms with van der Waals surface area (Å²) in [7, 11) is 0. The average molecular weight is 437 g/mol. The maximum atomic E-state index is 12.3. The van der Waals surface area contributed by atoms with Crippen LogP contribution >= 0.6 is 23.4 Å². The van der Waals surface area contributed by atoms with Gasteiger partial charge in [0.05, 0.1) is 27.4 Å². The Labute approximate surface area is 182 Å². The highest BCUT2D eigenvalue weighted by Crippen LogP contribution is 2.27. The number of hydrogen-bond acceptors (Lipinski definition) is 4. The van der Waals surface area contributed by atoms with Crippen molar-refractivity contribution in [3.05, 3.63) is 89.4 Å². The third kappa shape index (κ3) is 4.32. The molecule has 6 nitrogen and oxygen atoms in total. The van der Waals surface area contributed by atoms with Crippen LogP contribution in [0, 0.1) is 0 Å². The van der Waals surface area contributed by atoms with E-state index in [1.165, 1.54) is 11.8 Å². The Morgan fingerprint density at radius 1 is 0.900 bits per heavy atom. The number of nitrogens with zero attached hydrogens (tertiary/aromatic N) is 2. The first-order chi connectivity index (χ1) is 14.6. The highest BCUT2D eigenvalue weighted by Gasteiger charge is 2.15. The maximum Gasteiger partial charge on any atom is 0.271 e. The lowest BCUT2D eigenvalue weighted by molar-refractivity contribution is -0.119. The van der Waals surface area contributed by atoms with E-state index in [9.17, 15) is 9.59 Å². The second-order valence-electron chi connectivity index (χ2n) is 6.32. The summed E-state index contributed by atoms with van der Waals surface area (Å²) >= 11 is 7.29. The molecule has 0 aliphatic rings. The summed E-state index contributed by atoms with van der Waals surface area (Å²) in [6, 6.07) is 24.3. The van der Waals surface area contributed by atoms with Crippen LogP contribution in [0.1, 0.15) is 10.4 Å². The van der Waals surface area contributed by atoms with E-state index in [4.69, 9.17) is 11.6 Å². The number of nitrogens with one attached hydrogen (secondary N) is 2. The Hall–Kier alpha value is -3.29. The summed E-state index contributed by atoms with van der Waals surface area (Å²) < 4.78 is 2.01. The van der Waals surface area contributed by atoms with E-state index in [1.807, 2.05) is 59.2 Å². The first-order valence-electron chi connectivity index (χ1n) is 9.13. The lowest BCUT2D eigenvalue weighted by Crippen LogP contribution is -2.42. The second kappa shape index (κ2) is 9.02. The summed E-state index contributed by atoms with van der Waals surface area (Å²) in [6.07, 6.45) is 0. The van der Waals surface area contributed by atoms with Crippen molar-refractivity contribution in [1.29, 1.82) is 0 Å². The van der Waals surface area contributed by atoms with Gasteiger partial charge in [-0.05, 0) is 36.4 Å². The predicted molar refractivity (Wildman–Crippen MR) is 119 cm³/mol. The van der Waals surface area contributed by atoms with Gasteiger partial charge in [0.1, 0.15) is 0 Å². The SMILES string of the molecule is O=C(CSc1nc2ccccc2n1-c1ccccc1)NNC(=O)c1ccccc1Cl. The Bertz CT molecular complexity index is 1210. The number of imidazole rings is 1. The summed E-state index contributed by atoms with van der Waals surface area (Å²) in [5, 5.41) is 1.00. The third-order valence-electron chi connectivity index (χ3n) is 4.31. The fourth-order valence-corrected chi connectivity index (χ4v) is 3.98. The lowest BCUT2D eigenvalue weighted by Gasteiger charge is -2.10. The molecule has 2 N–H and O–H groups in total. The van der Waals surface area contributed by atoms with Crippen LogP contribution in [0.3, 0.4) is 0 Å². The Morgan fingerprint density at radius 2 is 1.60 bits per heavy atom. The summed E-state index contributed by atoms with van der Waals surface area (Å²) in [4.78, 5) is 29.1. The van der Waals surface area contributed by atoms with Gasteiger partial charge in [-0.25, -0.2) is 4.98 Å². The highest BCUT2D eigenvalue weighted by atomic mass is 35.5. The standard InChI is InChI=1S/C22H17ClN4O2S/c23-17-11-5-4-10-16(17)21(29)26-25-20(28)14-30-22-24-18-12-6-7-13-19(18)27(22)15-8-2-1-3-9-15/h1-13H,14H2,(H,25,28)(H,26,29). The molecule has 2 amide bonds. The summed E-state index contributed by atoms with van der Waals surface area (Å²) in [5.41, 5.74) is 7.85. The molecule has 0 unspecified atom stereocenters. The minimum atomic E-state index is -0.476. The van der Waals surface area contributed by atoms with E-state index in [-0.39, 0.29) is 17.2 Å². The number of carbonyl (C=O) groups excluding carboxylic acids is 2. The van der Waals surface area contributed by atoms with Crippen molar-refractivity contribution in [2.24, 2.45) is 0 Å². The number of fused-ring (bicyclic) bond motifs is 1. The molecule has 0 radical (unpaired) electrons. The van der Waals surface area contributed by atoms with Gasteiger partial charge in [-0.15, -0.1) is 0 Å².